The van der Waals surface area contributed by atoms with Gasteiger partial charge in [-0.2, -0.15) is 0 Å². The minimum Gasteiger partial charge on any atom is -0.379 e. The lowest BCUT2D eigenvalue weighted by atomic mass is 9.94. The Morgan fingerprint density at radius 1 is 1.17 bits per heavy atom. The van der Waals surface area contributed by atoms with E-state index in [-0.39, 0.29) is 5.91 Å². The summed E-state index contributed by atoms with van der Waals surface area (Å²) >= 11 is 0. The molecule has 3 aliphatic rings. The smallest absolute Gasteiger partial charge is 0.256 e. The molecule has 1 aromatic carbocycles. The molecule has 29 heavy (non-hydrogen) atoms. The van der Waals surface area contributed by atoms with Crippen molar-refractivity contribution in [3.63, 3.8) is 0 Å². The zero-order chi connectivity index (χ0) is 19.8. The first-order valence-electron chi connectivity index (χ1n) is 10.9. The summed E-state index contributed by atoms with van der Waals surface area (Å²) in [5.41, 5.74) is 9.21. The van der Waals surface area contributed by atoms with Crippen molar-refractivity contribution >= 4 is 23.2 Å². The zero-order valence-electron chi connectivity index (χ0n) is 17.1. The third kappa shape index (κ3) is 3.65. The highest BCUT2D eigenvalue weighted by Gasteiger charge is 2.26. The molecule has 0 bridgehead atoms. The minimum atomic E-state index is -0.00250. The summed E-state index contributed by atoms with van der Waals surface area (Å²) in [6.07, 6.45) is 7.82. The van der Waals surface area contributed by atoms with E-state index in [9.17, 15) is 4.79 Å². The summed E-state index contributed by atoms with van der Waals surface area (Å²) in [6, 6.07) is 6.38. The number of hydrogen-bond donors (Lipinski definition) is 2. The predicted octanol–water partition coefficient (Wildman–Crippen LogP) is 3.57. The van der Waals surface area contributed by atoms with Gasteiger partial charge in [0.15, 0.2) is 0 Å². The van der Waals surface area contributed by atoms with Crippen LogP contribution in [0.25, 0.3) is 11.6 Å². The molecule has 0 atom stereocenters. The van der Waals surface area contributed by atoms with Gasteiger partial charge in [0.25, 0.3) is 5.91 Å². The number of ether oxygens (including phenoxy) is 1. The van der Waals surface area contributed by atoms with Crippen LogP contribution in [-0.2, 0) is 28.8 Å². The lowest BCUT2D eigenvalue weighted by Gasteiger charge is -2.26. The fourth-order valence-corrected chi connectivity index (χ4v) is 4.81. The quantitative estimate of drug-likeness (QED) is 0.784. The van der Waals surface area contributed by atoms with Crippen LogP contribution in [0.3, 0.4) is 0 Å². The van der Waals surface area contributed by atoms with Crippen molar-refractivity contribution < 1.29 is 9.53 Å². The number of hydrogen-bond acceptors (Lipinski definition) is 3. The summed E-state index contributed by atoms with van der Waals surface area (Å²) in [7, 11) is 0. The van der Waals surface area contributed by atoms with Gasteiger partial charge in [-0.05, 0) is 73.9 Å². The van der Waals surface area contributed by atoms with E-state index in [1.165, 1.54) is 35.2 Å². The van der Waals surface area contributed by atoms with Gasteiger partial charge in [0.2, 0.25) is 0 Å². The van der Waals surface area contributed by atoms with Gasteiger partial charge in [-0.3, -0.25) is 9.69 Å². The molecule has 0 spiro atoms. The third-order valence-corrected chi connectivity index (χ3v) is 6.59. The lowest BCUT2D eigenvalue weighted by Crippen LogP contribution is -2.37. The van der Waals surface area contributed by atoms with Crippen molar-refractivity contribution in [3.05, 3.63) is 51.8 Å². The van der Waals surface area contributed by atoms with Crippen LogP contribution >= 0.6 is 0 Å². The Kier molecular flexibility index (Phi) is 5.02. The van der Waals surface area contributed by atoms with Gasteiger partial charge in [0, 0.05) is 42.3 Å². The first-order chi connectivity index (χ1) is 14.2. The maximum Gasteiger partial charge on any atom is 0.256 e. The van der Waals surface area contributed by atoms with Crippen LogP contribution in [0.4, 0.5) is 5.69 Å². The fourth-order valence-electron chi connectivity index (χ4n) is 4.81. The van der Waals surface area contributed by atoms with Gasteiger partial charge >= 0.3 is 0 Å². The van der Waals surface area contributed by atoms with Gasteiger partial charge in [-0.1, -0.05) is 6.07 Å². The number of aromatic nitrogens is 1. The molecule has 5 nitrogen and oxygen atoms in total. The second-order valence-electron chi connectivity index (χ2n) is 8.42. The molecule has 1 amide bonds. The molecule has 3 heterocycles. The first-order valence-corrected chi connectivity index (χ1v) is 10.9. The van der Waals surface area contributed by atoms with Crippen LogP contribution in [0.15, 0.2) is 18.2 Å². The number of aryl methyl sites for hydroxylation is 1. The summed E-state index contributed by atoms with van der Waals surface area (Å²) in [5, 5.41) is 3.03. The van der Waals surface area contributed by atoms with E-state index >= 15 is 0 Å². The number of nitrogens with one attached hydrogen (secondary N) is 2. The molecule has 5 rings (SSSR count). The Morgan fingerprint density at radius 2 is 2.00 bits per heavy atom. The van der Waals surface area contributed by atoms with Crippen molar-refractivity contribution in [3.8, 4) is 0 Å². The minimum absolute atomic E-state index is 0.00250. The van der Waals surface area contributed by atoms with Crippen molar-refractivity contribution in [2.75, 3.05) is 38.2 Å². The highest BCUT2D eigenvalue weighted by molar-refractivity contribution is 6.34. The fraction of sp³-hybridized carbons (Fsp3) is 0.458. The molecule has 1 saturated heterocycles. The van der Waals surface area contributed by atoms with E-state index in [0.717, 1.165) is 74.6 Å². The van der Waals surface area contributed by atoms with Crippen LogP contribution in [-0.4, -0.2) is 48.6 Å². The largest absolute Gasteiger partial charge is 0.379 e. The lowest BCUT2D eigenvalue weighted by molar-refractivity contribution is -0.110. The van der Waals surface area contributed by atoms with E-state index in [0.29, 0.717) is 0 Å². The molecule has 2 aromatic rings. The molecule has 1 fully saturated rings. The second-order valence-corrected chi connectivity index (χ2v) is 8.42. The average molecular weight is 392 g/mol. The molecule has 2 aliphatic heterocycles. The monoisotopic (exact) mass is 391 g/mol. The van der Waals surface area contributed by atoms with Crippen molar-refractivity contribution in [2.45, 2.75) is 39.0 Å². The maximum absolute atomic E-state index is 12.7. The molecule has 0 radical (unpaired) electrons. The van der Waals surface area contributed by atoms with Crippen LogP contribution in [0.2, 0.25) is 0 Å². The summed E-state index contributed by atoms with van der Waals surface area (Å²) < 4.78 is 5.44. The van der Waals surface area contributed by atoms with Crippen LogP contribution in [0.1, 0.15) is 46.5 Å². The zero-order valence-corrected chi connectivity index (χ0v) is 17.1. The molecule has 0 unspecified atom stereocenters. The second kappa shape index (κ2) is 7.81. The number of benzene rings is 1. The van der Waals surface area contributed by atoms with Gasteiger partial charge in [-0.15, -0.1) is 0 Å². The molecule has 0 saturated carbocycles. The van der Waals surface area contributed by atoms with E-state index in [2.05, 4.69) is 46.4 Å². The normalized spacial score (nSPS) is 20.6. The number of rotatable bonds is 4. The standard InChI is InChI=1S/C24H29N3O2/c1-16-18-4-2-3-5-21(18)25-23(16)15-20-19-14-17(6-7-22(19)26-24(20)28)8-9-27-10-12-29-13-11-27/h6-7,14-15,25H,2-5,8-13H2,1H3,(H,26,28). The van der Waals surface area contributed by atoms with Gasteiger partial charge in [-0.25, -0.2) is 0 Å². The number of aromatic amines is 1. The molecular weight excluding hydrogens is 362 g/mol. The molecule has 1 aliphatic carbocycles. The van der Waals surface area contributed by atoms with Crippen molar-refractivity contribution in [2.24, 2.45) is 0 Å². The average Bonchev–Trinajstić information content (AvgIpc) is 3.24. The van der Waals surface area contributed by atoms with Crippen LogP contribution < -0.4 is 5.32 Å². The molecule has 1 aromatic heterocycles. The Balaban J connectivity index is 1.41. The molecular formula is C24H29N3O2. The summed E-state index contributed by atoms with van der Waals surface area (Å²) in [4.78, 5) is 18.7. The van der Waals surface area contributed by atoms with Crippen LogP contribution in [0, 0.1) is 6.92 Å². The molecule has 2 N–H and O–H groups in total. The van der Waals surface area contributed by atoms with E-state index < -0.39 is 0 Å². The van der Waals surface area contributed by atoms with E-state index in [1.54, 1.807) is 0 Å². The number of anilines is 1. The number of nitrogens with zero attached hydrogens (tertiary/aromatic N) is 1. The van der Waals surface area contributed by atoms with Gasteiger partial charge in [0.1, 0.15) is 0 Å². The number of H-pyrrole nitrogens is 1. The first kappa shape index (κ1) is 18.6. The van der Waals surface area contributed by atoms with Crippen molar-refractivity contribution in [1.29, 1.82) is 0 Å². The highest BCUT2D eigenvalue weighted by Crippen LogP contribution is 2.35. The van der Waals surface area contributed by atoms with E-state index in [4.69, 9.17) is 4.74 Å². The highest BCUT2D eigenvalue weighted by atomic mass is 16.5. The van der Waals surface area contributed by atoms with E-state index in [1.807, 2.05) is 0 Å². The Morgan fingerprint density at radius 3 is 2.83 bits per heavy atom. The number of carbonyl (C=O) groups is 1. The number of amides is 1. The third-order valence-electron chi connectivity index (χ3n) is 6.59. The summed E-state index contributed by atoms with van der Waals surface area (Å²) in [5.74, 6) is -0.00250. The Labute approximate surface area is 172 Å². The van der Waals surface area contributed by atoms with Crippen molar-refractivity contribution in [1.82, 2.24) is 9.88 Å². The molecule has 152 valence electrons. The van der Waals surface area contributed by atoms with Gasteiger partial charge in [0.05, 0.1) is 18.8 Å². The topological polar surface area (TPSA) is 57.4 Å². The number of fused-ring (bicyclic) bond motifs is 2. The Bertz CT molecular complexity index is 967. The number of morpholine rings is 1. The van der Waals surface area contributed by atoms with Crippen LogP contribution in [0.5, 0.6) is 0 Å². The molecule has 5 heteroatoms. The Hall–Kier alpha value is -2.37. The maximum atomic E-state index is 12.7. The SMILES string of the molecule is Cc1c(C=C2C(=O)Nc3ccc(CCN4CCOCC4)cc32)[nH]c2c1CCCC2. The van der Waals surface area contributed by atoms with Gasteiger partial charge < -0.3 is 15.0 Å². The number of carbonyl (C=O) groups excluding carboxylic acids is 1. The summed E-state index contributed by atoms with van der Waals surface area (Å²) in [6.45, 7) is 6.88. The predicted molar refractivity (Wildman–Crippen MR) is 116 cm³/mol.